The number of carbonyl (C=O) groups excluding carboxylic acids is 4. The van der Waals surface area contributed by atoms with E-state index in [1.807, 2.05) is 6.07 Å². The van der Waals surface area contributed by atoms with Crippen molar-refractivity contribution in [3.05, 3.63) is 59.8 Å². The van der Waals surface area contributed by atoms with Gasteiger partial charge in [-0.05, 0) is 54.8 Å². The van der Waals surface area contributed by atoms with Crippen LogP contribution in [0, 0.1) is 0 Å². The van der Waals surface area contributed by atoms with Gasteiger partial charge in [-0.15, -0.1) is 0 Å². The summed E-state index contributed by atoms with van der Waals surface area (Å²) >= 11 is 0. The summed E-state index contributed by atoms with van der Waals surface area (Å²) in [6, 6.07) is 11.3. The number of hydrogen-bond acceptors (Lipinski definition) is 8. The van der Waals surface area contributed by atoms with Gasteiger partial charge in [-0.3, -0.25) is 24.2 Å². The largest absolute Gasteiger partial charge is 0.493 e. The Kier molecular flexibility index (Phi) is 10.9. The van der Waals surface area contributed by atoms with Crippen molar-refractivity contribution in [2.45, 2.75) is 31.8 Å². The van der Waals surface area contributed by atoms with Gasteiger partial charge in [0, 0.05) is 31.1 Å². The van der Waals surface area contributed by atoms with E-state index in [-0.39, 0.29) is 13.1 Å². The van der Waals surface area contributed by atoms with Crippen LogP contribution in [0.15, 0.2) is 48.7 Å². The van der Waals surface area contributed by atoms with Gasteiger partial charge in [-0.25, -0.2) is 0 Å². The summed E-state index contributed by atoms with van der Waals surface area (Å²) in [4.78, 5) is 57.8. The van der Waals surface area contributed by atoms with Crippen molar-refractivity contribution < 1.29 is 37.9 Å². The number of rotatable bonds is 14. The van der Waals surface area contributed by atoms with Crippen LogP contribution in [0.2, 0.25) is 0 Å². The van der Waals surface area contributed by atoms with E-state index < -0.39 is 29.5 Å². The number of methoxy groups -OCH3 is 2. The Balaban J connectivity index is 1.33. The van der Waals surface area contributed by atoms with Crippen molar-refractivity contribution >= 4 is 34.4 Å². The van der Waals surface area contributed by atoms with Crippen molar-refractivity contribution in [1.29, 1.82) is 0 Å². The first-order valence-electron chi connectivity index (χ1n) is 14.9. The Morgan fingerprint density at radius 1 is 0.978 bits per heavy atom. The van der Waals surface area contributed by atoms with E-state index in [0.29, 0.717) is 59.7 Å². The highest BCUT2D eigenvalue weighted by Gasteiger charge is 2.37. The molecule has 2 heterocycles. The van der Waals surface area contributed by atoms with Crippen LogP contribution in [0.3, 0.4) is 0 Å². The number of amides is 3. The summed E-state index contributed by atoms with van der Waals surface area (Å²) in [5.41, 5.74) is 1.70. The Hall–Kier alpha value is -4.71. The van der Waals surface area contributed by atoms with Gasteiger partial charge < -0.3 is 34.2 Å². The van der Waals surface area contributed by atoms with E-state index in [2.05, 4.69) is 36.8 Å². The number of pyridine rings is 1. The number of likely N-dealkylation sites (tertiary alicyclic amines) is 1. The number of benzene rings is 2. The molecule has 1 aromatic heterocycles. The van der Waals surface area contributed by atoms with Crippen LogP contribution in [0.25, 0.3) is 10.9 Å². The zero-order valence-electron chi connectivity index (χ0n) is 26.6. The first-order valence-corrected chi connectivity index (χ1v) is 14.9. The van der Waals surface area contributed by atoms with Gasteiger partial charge in [0.2, 0.25) is 11.7 Å². The fourth-order valence-corrected chi connectivity index (χ4v) is 5.24. The summed E-state index contributed by atoms with van der Waals surface area (Å²) in [6.45, 7) is 1.61. The Morgan fingerprint density at radius 3 is 2.49 bits per heavy atom. The van der Waals surface area contributed by atoms with Crippen LogP contribution >= 0.6 is 0 Å². The molecule has 2 N–H and O–H groups in total. The Bertz CT molecular complexity index is 1550. The van der Waals surface area contributed by atoms with Crippen molar-refractivity contribution in [2.75, 3.05) is 61.6 Å². The molecule has 0 aliphatic carbocycles. The van der Waals surface area contributed by atoms with Crippen molar-refractivity contribution in [3.8, 4) is 17.2 Å². The standard InChI is InChI=1S/C33H41N5O7/c1-38(2,3)16-7-17-45-23-10-11-26-25(19-23)24(13-14-34-26)32(41)36-21-30(39)37-15-6-8-27(37)31(40)33(42)35-20-22-9-12-28(43-4)29(18-22)44-5/h9-14,18-19,27H,6-8,15-17,20-21H2,1-5H3,(H-,35,36,41,42)/p+1/t27-/m0/s1. The third-order valence-electron chi connectivity index (χ3n) is 7.60. The molecule has 1 aliphatic rings. The summed E-state index contributed by atoms with van der Waals surface area (Å²) < 4.78 is 17.3. The van der Waals surface area contributed by atoms with E-state index in [1.54, 1.807) is 36.4 Å². The van der Waals surface area contributed by atoms with Gasteiger partial charge in [0.15, 0.2) is 11.5 Å². The molecule has 3 amide bonds. The molecule has 12 nitrogen and oxygen atoms in total. The quantitative estimate of drug-likeness (QED) is 0.159. The lowest BCUT2D eigenvalue weighted by Crippen LogP contribution is -2.49. The first-order chi connectivity index (χ1) is 21.5. The zero-order valence-corrected chi connectivity index (χ0v) is 26.6. The average Bonchev–Trinajstić information content (AvgIpc) is 3.53. The average molecular weight is 621 g/mol. The Labute approximate surface area is 263 Å². The molecule has 1 fully saturated rings. The molecule has 1 atom stereocenters. The minimum atomic E-state index is -0.890. The molecule has 12 heteroatoms. The fourth-order valence-electron chi connectivity index (χ4n) is 5.24. The molecule has 0 radical (unpaired) electrons. The molecule has 2 aromatic carbocycles. The SMILES string of the molecule is COc1ccc(CNC(=O)C(=O)[C@@H]2CCCN2C(=O)CNC(=O)c2ccnc3ccc(OCCC[N+](C)(C)C)cc23)cc1OC. The maximum atomic E-state index is 13.2. The van der Waals surface area contributed by atoms with Gasteiger partial charge in [-0.2, -0.15) is 0 Å². The number of ketones is 1. The van der Waals surface area contributed by atoms with E-state index in [9.17, 15) is 19.2 Å². The van der Waals surface area contributed by atoms with Gasteiger partial charge in [-0.1, -0.05) is 6.07 Å². The number of nitrogens with zero attached hydrogens (tertiary/aromatic N) is 3. The molecule has 1 aliphatic heterocycles. The van der Waals surface area contributed by atoms with Gasteiger partial charge in [0.05, 0.1) is 66.1 Å². The van der Waals surface area contributed by atoms with E-state index in [4.69, 9.17) is 14.2 Å². The van der Waals surface area contributed by atoms with Crippen LogP contribution in [0.4, 0.5) is 0 Å². The minimum absolute atomic E-state index is 0.102. The predicted octanol–water partition coefficient (Wildman–Crippen LogP) is 2.33. The highest BCUT2D eigenvalue weighted by atomic mass is 16.5. The molecule has 0 saturated carbocycles. The summed E-state index contributed by atoms with van der Waals surface area (Å²) in [6.07, 6.45) is 3.36. The third kappa shape index (κ3) is 8.69. The molecule has 0 spiro atoms. The zero-order chi connectivity index (χ0) is 32.6. The molecular formula is C33H42N5O7+. The second-order valence-corrected chi connectivity index (χ2v) is 11.9. The molecule has 240 valence electrons. The normalized spacial score (nSPS) is 14.6. The molecular weight excluding hydrogens is 578 g/mol. The molecule has 3 aromatic rings. The number of ether oxygens (including phenoxy) is 3. The lowest BCUT2D eigenvalue weighted by atomic mass is 10.1. The van der Waals surface area contributed by atoms with Crippen LogP contribution in [-0.4, -0.2) is 106 Å². The number of aromatic nitrogens is 1. The van der Waals surface area contributed by atoms with E-state index >= 15 is 0 Å². The molecule has 0 unspecified atom stereocenters. The second-order valence-electron chi connectivity index (χ2n) is 11.9. The lowest BCUT2D eigenvalue weighted by molar-refractivity contribution is -0.870. The molecule has 0 bridgehead atoms. The summed E-state index contributed by atoms with van der Waals surface area (Å²) in [7, 11) is 9.41. The first kappa shape index (κ1) is 33.2. The van der Waals surface area contributed by atoms with Crippen molar-refractivity contribution in [2.24, 2.45) is 0 Å². The summed E-state index contributed by atoms with van der Waals surface area (Å²) in [5, 5.41) is 5.91. The highest BCUT2D eigenvalue weighted by Crippen LogP contribution is 2.27. The summed E-state index contributed by atoms with van der Waals surface area (Å²) in [5.74, 6) is -0.679. The monoisotopic (exact) mass is 620 g/mol. The van der Waals surface area contributed by atoms with E-state index in [0.717, 1.165) is 23.0 Å². The molecule has 45 heavy (non-hydrogen) atoms. The second kappa shape index (κ2) is 14.8. The van der Waals surface area contributed by atoms with Gasteiger partial charge >= 0.3 is 0 Å². The van der Waals surface area contributed by atoms with Crippen LogP contribution in [0.5, 0.6) is 17.2 Å². The number of hydrogen-bond donors (Lipinski definition) is 2. The number of carbonyl (C=O) groups is 4. The van der Waals surface area contributed by atoms with Crippen molar-refractivity contribution in [3.63, 3.8) is 0 Å². The van der Waals surface area contributed by atoms with Crippen LogP contribution < -0.4 is 24.8 Å². The smallest absolute Gasteiger partial charge is 0.289 e. The topological polar surface area (TPSA) is 136 Å². The highest BCUT2D eigenvalue weighted by molar-refractivity contribution is 6.38. The molecule has 4 rings (SSSR count). The fraction of sp³-hybridized carbons (Fsp3) is 0.424. The maximum absolute atomic E-state index is 13.2. The van der Waals surface area contributed by atoms with Gasteiger partial charge in [0.25, 0.3) is 11.8 Å². The van der Waals surface area contributed by atoms with Gasteiger partial charge in [0.1, 0.15) is 11.8 Å². The Morgan fingerprint density at radius 2 is 1.76 bits per heavy atom. The van der Waals surface area contributed by atoms with E-state index in [1.165, 1.54) is 25.3 Å². The molecule has 1 saturated heterocycles. The third-order valence-corrected chi connectivity index (χ3v) is 7.60. The number of Topliss-reactive ketones (excluding diaryl/α,β-unsaturated/α-hetero) is 1. The minimum Gasteiger partial charge on any atom is -0.493 e. The number of fused-ring (bicyclic) bond motifs is 1. The number of quaternary nitrogens is 1. The lowest BCUT2D eigenvalue weighted by Gasteiger charge is -2.23. The maximum Gasteiger partial charge on any atom is 0.289 e. The number of nitrogens with one attached hydrogen (secondary N) is 2. The van der Waals surface area contributed by atoms with Crippen LogP contribution in [0.1, 0.15) is 35.2 Å². The van der Waals surface area contributed by atoms with Crippen molar-refractivity contribution in [1.82, 2.24) is 20.5 Å². The van der Waals surface area contributed by atoms with Crippen LogP contribution in [-0.2, 0) is 20.9 Å². The predicted molar refractivity (Wildman–Crippen MR) is 168 cm³/mol.